The molecule has 3 aromatic rings. The van der Waals surface area contributed by atoms with E-state index in [1.165, 1.54) is 31.4 Å². The number of carbonyl (C=O) groups is 1. The Balaban J connectivity index is 1.52. The zero-order valence-corrected chi connectivity index (χ0v) is 17.7. The topological polar surface area (TPSA) is 50.2 Å². The van der Waals surface area contributed by atoms with Crippen molar-refractivity contribution in [3.8, 4) is 11.4 Å². The Morgan fingerprint density at radius 3 is 2.90 bits per heavy atom. The van der Waals surface area contributed by atoms with E-state index >= 15 is 0 Å². The summed E-state index contributed by atoms with van der Waals surface area (Å²) in [4.78, 5) is 20.2. The quantitative estimate of drug-likeness (QED) is 0.616. The highest BCUT2D eigenvalue weighted by Crippen LogP contribution is 2.26. The van der Waals surface area contributed by atoms with Gasteiger partial charge in [-0.05, 0) is 69.1 Å². The predicted molar refractivity (Wildman–Crippen MR) is 118 cm³/mol. The highest BCUT2D eigenvalue weighted by atomic mass is 19.1. The second-order valence-corrected chi connectivity index (χ2v) is 8.21. The van der Waals surface area contributed by atoms with E-state index in [0.717, 1.165) is 25.2 Å². The third-order valence-corrected chi connectivity index (χ3v) is 6.07. The van der Waals surface area contributed by atoms with Crippen molar-refractivity contribution < 1.29 is 9.18 Å². The smallest absolute Gasteiger partial charge is 0.252 e. The molecule has 2 aromatic heterocycles. The molecule has 1 N–H and O–H groups in total. The van der Waals surface area contributed by atoms with Crippen LogP contribution in [-0.2, 0) is 7.05 Å². The van der Waals surface area contributed by atoms with Gasteiger partial charge in [0.1, 0.15) is 5.82 Å². The van der Waals surface area contributed by atoms with Crippen molar-refractivity contribution in [2.24, 2.45) is 7.05 Å². The summed E-state index contributed by atoms with van der Waals surface area (Å²) in [5.41, 5.74) is 2.69. The molecule has 4 rings (SSSR count). The Labute approximate surface area is 176 Å². The standard InChI is InChI=1S/C24H29FN4O/c1-17-7-3-4-13-29(17)14-6-11-26-24(30)20-16-22(23-8-5-12-28(23)2)27-21-10-9-18(25)15-19(20)21/h5,8-10,12,15-17H,3-4,6-7,11,13-14H2,1-2H3,(H,26,30). The van der Waals surface area contributed by atoms with Gasteiger partial charge < -0.3 is 14.8 Å². The normalized spacial score (nSPS) is 17.4. The van der Waals surface area contributed by atoms with E-state index in [-0.39, 0.29) is 11.7 Å². The number of carbonyl (C=O) groups excluding carboxylic acids is 1. The lowest BCUT2D eigenvalue weighted by atomic mass is 10.0. The van der Waals surface area contributed by atoms with Gasteiger partial charge in [-0.25, -0.2) is 9.37 Å². The molecule has 0 radical (unpaired) electrons. The number of aryl methyl sites for hydroxylation is 1. The fraction of sp³-hybridized carbons (Fsp3) is 0.417. The van der Waals surface area contributed by atoms with Crippen molar-refractivity contribution >= 4 is 16.8 Å². The Morgan fingerprint density at radius 2 is 2.13 bits per heavy atom. The minimum Gasteiger partial charge on any atom is -0.352 e. The number of pyridine rings is 1. The van der Waals surface area contributed by atoms with E-state index in [0.29, 0.717) is 34.7 Å². The van der Waals surface area contributed by atoms with Gasteiger partial charge in [0, 0.05) is 37.8 Å². The molecule has 6 heteroatoms. The molecule has 0 bridgehead atoms. The highest BCUT2D eigenvalue weighted by molar-refractivity contribution is 6.07. The summed E-state index contributed by atoms with van der Waals surface area (Å²) in [5, 5.41) is 3.57. The Kier molecular flexibility index (Phi) is 6.13. The molecule has 158 valence electrons. The number of aromatic nitrogens is 2. The van der Waals surface area contributed by atoms with Gasteiger partial charge in [0.25, 0.3) is 5.91 Å². The highest BCUT2D eigenvalue weighted by Gasteiger charge is 2.18. The molecule has 0 spiro atoms. The average molecular weight is 409 g/mol. The largest absolute Gasteiger partial charge is 0.352 e. The molecular formula is C24H29FN4O. The van der Waals surface area contributed by atoms with Crippen LogP contribution in [0.4, 0.5) is 4.39 Å². The zero-order chi connectivity index (χ0) is 21.1. The predicted octanol–water partition coefficient (Wildman–Crippen LogP) is 4.37. The Bertz CT molecular complexity index is 1040. The number of halogens is 1. The number of fused-ring (bicyclic) bond motifs is 1. The lowest BCUT2D eigenvalue weighted by molar-refractivity contribution is 0.0950. The first-order valence-corrected chi connectivity index (χ1v) is 10.8. The second-order valence-electron chi connectivity index (χ2n) is 8.21. The van der Waals surface area contributed by atoms with E-state index in [1.807, 2.05) is 29.9 Å². The molecule has 0 saturated carbocycles. The molecule has 1 saturated heterocycles. The third kappa shape index (κ3) is 4.38. The summed E-state index contributed by atoms with van der Waals surface area (Å²) in [5.74, 6) is -0.556. The van der Waals surface area contributed by atoms with Crippen molar-refractivity contribution in [3.63, 3.8) is 0 Å². The Hall–Kier alpha value is -2.73. The van der Waals surface area contributed by atoms with Crippen LogP contribution in [0.15, 0.2) is 42.6 Å². The summed E-state index contributed by atoms with van der Waals surface area (Å²) in [6.07, 6.45) is 6.66. The number of rotatable bonds is 6. The van der Waals surface area contributed by atoms with Crippen LogP contribution < -0.4 is 5.32 Å². The lowest BCUT2D eigenvalue weighted by Crippen LogP contribution is -2.39. The van der Waals surface area contributed by atoms with Crippen LogP contribution >= 0.6 is 0 Å². The van der Waals surface area contributed by atoms with Crippen LogP contribution in [0.5, 0.6) is 0 Å². The first-order chi connectivity index (χ1) is 14.5. The maximum absolute atomic E-state index is 13.9. The van der Waals surface area contributed by atoms with Crippen molar-refractivity contribution in [2.45, 2.75) is 38.6 Å². The number of hydrogen-bond donors (Lipinski definition) is 1. The maximum atomic E-state index is 13.9. The van der Waals surface area contributed by atoms with Gasteiger partial charge in [-0.1, -0.05) is 6.42 Å². The van der Waals surface area contributed by atoms with Gasteiger partial charge in [-0.2, -0.15) is 0 Å². The first kappa shape index (κ1) is 20.5. The summed E-state index contributed by atoms with van der Waals surface area (Å²) >= 11 is 0. The second kappa shape index (κ2) is 8.96. The fourth-order valence-corrected chi connectivity index (χ4v) is 4.31. The van der Waals surface area contributed by atoms with Gasteiger partial charge in [-0.15, -0.1) is 0 Å². The number of likely N-dealkylation sites (tertiary alicyclic amines) is 1. The number of hydrogen-bond acceptors (Lipinski definition) is 3. The SMILES string of the molecule is CC1CCCCN1CCCNC(=O)c1cc(-c2cccn2C)nc2ccc(F)cc12. The summed E-state index contributed by atoms with van der Waals surface area (Å²) in [6.45, 7) is 5.01. The number of nitrogens with zero attached hydrogens (tertiary/aromatic N) is 3. The van der Waals surface area contributed by atoms with Crippen LogP contribution in [0.3, 0.4) is 0 Å². The van der Waals surface area contributed by atoms with Gasteiger partial charge >= 0.3 is 0 Å². The van der Waals surface area contributed by atoms with E-state index in [2.05, 4.69) is 22.1 Å². The minimum absolute atomic E-state index is 0.185. The lowest BCUT2D eigenvalue weighted by Gasteiger charge is -2.33. The molecule has 5 nitrogen and oxygen atoms in total. The van der Waals surface area contributed by atoms with Crippen LogP contribution in [0.2, 0.25) is 0 Å². The number of piperidine rings is 1. The molecular weight excluding hydrogens is 379 g/mol. The fourth-order valence-electron chi connectivity index (χ4n) is 4.31. The van der Waals surface area contributed by atoms with Gasteiger partial charge in [0.15, 0.2) is 0 Å². The summed E-state index contributed by atoms with van der Waals surface area (Å²) < 4.78 is 15.9. The third-order valence-electron chi connectivity index (χ3n) is 6.07. The minimum atomic E-state index is -0.371. The molecule has 1 fully saturated rings. The molecule has 0 aliphatic carbocycles. The van der Waals surface area contributed by atoms with Crippen molar-refractivity contribution in [1.82, 2.24) is 19.8 Å². The van der Waals surface area contributed by atoms with E-state index in [4.69, 9.17) is 0 Å². The molecule has 30 heavy (non-hydrogen) atoms. The number of nitrogens with one attached hydrogen (secondary N) is 1. The molecule has 3 heterocycles. The molecule has 1 aliphatic rings. The van der Waals surface area contributed by atoms with Gasteiger partial charge in [-0.3, -0.25) is 4.79 Å². The van der Waals surface area contributed by atoms with Gasteiger partial charge in [0.05, 0.1) is 22.5 Å². The molecule has 1 aliphatic heterocycles. The van der Waals surface area contributed by atoms with Crippen molar-refractivity contribution in [1.29, 1.82) is 0 Å². The van der Waals surface area contributed by atoms with Crippen LogP contribution in [0.25, 0.3) is 22.3 Å². The first-order valence-electron chi connectivity index (χ1n) is 10.8. The monoisotopic (exact) mass is 408 g/mol. The summed E-state index contributed by atoms with van der Waals surface area (Å²) in [6, 6.07) is 10.7. The van der Waals surface area contributed by atoms with Crippen molar-refractivity contribution in [3.05, 3.63) is 54.0 Å². The molecule has 1 amide bonds. The van der Waals surface area contributed by atoms with Crippen LogP contribution in [0, 0.1) is 5.82 Å². The number of amides is 1. The molecule has 1 atom stereocenters. The average Bonchev–Trinajstić information content (AvgIpc) is 3.17. The maximum Gasteiger partial charge on any atom is 0.252 e. The van der Waals surface area contributed by atoms with Crippen LogP contribution in [0.1, 0.15) is 43.0 Å². The van der Waals surface area contributed by atoms with E-state index < -0.39 is 0 Å². The van der Waals surface area contributed by atoms with Gasteiger partial charge in [0.2, 0.25) is 0 Å². The Morgan fingerprint density at radius 1 is 1.27 bits per heavy atom. The summed E-state index contributed by atoms with van der Waals surface area (Å²) in [7, 11) is 1.94. The zero-order valence-electron chi connectivity index (χ0n) is 17.7. The van der Waals surface area contributed by atoms with Crippen molar-refractivity contribution in [2.75, 3.05) is 19.6 Å². The molecule has 1 aromatic carbocycles. The van der Waals surface area contributed by atoms with E-state index in [1.54, 1.807) is 12.1 Å². The molecule has 1 unspecified atom stereocenters. The van der Waals surface area contributed by atoms with Crippen LogP contribution in [-0.4, -0.2) is 46.0 Å². The van der Waals surface area contributed by atoms with E-state index in [9.17, 15) is 9.18 Å². The number of benzene rings is 1.